The third kappa shape index (κ3) is 3.27. The Kier molecular flexibility index (Phi) is 4.05. The summed E-state index contributed by atoms with van der Waals surface area (Å²) < 4.78 is 0. The van der Waals surface area contributed by atoms with Gasteiger partial charge in [-0.05, 0) is 12.8 Å². The maximum absolute atomic E-state index is 9.84. The number of H-pyrrole nitrogens is 1. The van der Waals surface area contributed by atoms with Gasteiger partial charge in [0.25, 0.3) is 0 Å². The molecule has 0 aromatic carbocycles. The lowest BCUT2D eigenvalue weighted by atomic mass is 10.1. The van der Waals surface area contributed by atoms with Crippen LogP contribution in [0.4, 0.5) is 0 Å². The average molecular weight is 166 g/mol. The summed E-state index contributed by atoms with van der Waals surface area (Å²) in [6.07, 6.45) is 7.88. The van der Waals surface area contributed by atoms with Crippen molar-refractivity contribution in [2.24, 2.45) is 0 Å². The summed E-state index contributed by atoms with van der Waals surface area (Å²) in [6.45, 7) is 0. The van der Waals surface area contributed by atoms with E-state index in [1.54, 1.807) is 0 Å². The molecule has 12 heavy (non-hydrogen) atoms. The normalized spacial score (nSPS) is 10.0. The highest BCUT2D eigenvalue weighted by Crippen LogP contribution is 2.01. The number of nitrogens with one attached hydrogen (secondary N) is 1. The van der Waals surface area contributed by atoms with Crippen molar-refractivity contribution in [3.8, 4) is 0 Å². The number of hydrogen-bond donors (Lipinski definition) is 1. The van der Waals surface area contributed by atoms with E-state index in [2.05, 4.69) is 15.2 Å². The predicted octanol–water partition coefficient (Wildman–Crippen LogP) is 1.02. The third-order valence-corrected chi connectivity index (χ3v) is 1.66. The van der Waals surface area contributed by atoms with E-state index in [-0.39, 0.29) is 0 Å². The van der Waals surface area contributed by atoms with Crippen molar-refractivity contribution in [1.29, 1.82) is 0 Å². The average Bonchev–Trinajstić information content (AvgIpc) is 2.57. The van der Waals surface area contributed by atoms with Crippen molar-refractivity contribution in [1.82, 2.24) is 15.2 Å². The third-order valence-electron chi connectivity index (χ3n) is 1.66. The fourth-order valence-corrected chi connectivity index (χ4v) is 1.02. The molecule has 0 spiro atoms. The molecule has 0 amide bonds. The highest BCUT2D eigenvalue weighted by Gasteiger charge is 1.94. The lowest BCUT2D eigenvalue weighted by molar-refractivity contribution is 0.545. The van der Waals surface area contributed by atoms with Crippen molar-refractivity contribution < 1.29 is 4.79 Å². The number of hydrogen-bond acceptors (Lipinski definition) is 3. The first-order valence-corrected chi connectivity index (χ1v) is 4.12. The van der Waals surface area contributed by atoms with Crippen molar-refractivity contribution >= 4 is 6.29 Å². The number of aromatic amines is 1. The van der Waals surface area contributed by atoms with Crippen LogP contribution in [0.5, 0.6) is 0 Å². The van der Waals surface area contributed by atoms with Crippen LogP contribution in [0.3, 0.4) is 0 Å². The second-order valence-electron chi connectivity index (χ2n) is 2.64. The van der Waals surface area contributed by atoms with Crippen LogP contribution in [0.1, 0.15) is 31.5 Å². The molecule has 65 valence electrons. The topological polar surface area (TPSA) is 58.6 Å². The van der Waals surface area contributed by atoms with Gasteiger partial charge in [0.05, 0.1) is 0 Å². The standard InChI is InChI=1S/C8H12N3O/c12-6-4-2-1-3-5-8-9-7-10-11-8/h7H,1-5H2,(H,9,10,11). The summed E-state index contributed by atoms with van der Waals surface area (Å²) in [5.41, 5.74) is 0. The molecule has 1 radical (unpaired) electrons. The minimum Gasteiger partial charge on any atom is -0.291 e. The number of aromatic nitrogens is 3. The summed E-state index contributed by atoms with van der Waals surface area (Å²) in [4.78, 5) is 13.8. The van der Waals surface area contributed by atoms with Crippen molar-refractivity contribution in [3.63, 3.8) is 0 Å². The van der Waals surface area contributed by atoms with Gasteiger partial charge in [-0.15, -0.1) is 0 Å². The molecular formula is C8H12N3O. The summed E-state index contributed by atoms with van der Waals surface area (Å²) in [5, 5.41) is 6.53. The zero-order chi connectivity index (χ0) is 8.65. The molecule has 4 nitrogen and oxygen atoms in total. The van der Waals surface area contributed by atoms with Gasteiger partial charge in [-0.25, -0.2) is 4.98 Å². The van der Waals surface area contributed by atoms with Crippen molar-refractivity contribution in [3.05, 3.63) is 12.2 Å². The Balaban J connectivity index is 2.00. The highest BCUT2D eigenvalue weighted by molar-refractivity contribution is 5.50. The maximum atomic E-state index is 9.84. The van der Waals surface area contributed by atoms with E-state index in [9.17, 15) is 4.79 Å². The maximum Gasteiger partial charge on any atom is 0.198 e. The first-order chi connectivity index (χ1) is 5.93. The van der Waals surface area contributed by atoms with Gasteiger partial charge in [-0.2, -0.15) is 5.10 Å². The quantitative estimate of drug-likeness (QED) is 0.642. The summed E-state index contributed by atoms with van der Waals surface area (Å²) in [7, 11) is 0. The van der Waals surface area contributed by atoms with E-state index in [4.69, 9.17) is 0 Å². The summed E-state index contributed by atoms with van der Waals surface area (Å²) in [5.74, 6) is 0.921. The highest BCUT2D eigenvalue weighted by atomic mass is 16.1. The van der Waals surface area contributed by atoms with Gasteiger partial charge in [0.15, 0.2) is 6.29 Å². The zero-order valence-electron chi connectivity index (χ0n) is 6.92. The minimum atomic E-state index is 0.552. The molecular weight excluding hydrogens is 154 g/mol. The number of aryl methyl sites for hydroxylation is 1. The molecule has 0 bridgehead atoms. The van der Waals surface area contributed by atoms with Gasteiger partial charge < -0.3 is 0 Å². The molecule has 0 aliphatic rings. The second kappa shape index (κ2) is 5.46. The zero-order valence-corrected chi connectivity index (χ0v) is 6.92. The van der Waals surface area contributed by atoms with Crippen LogP contribution in [0.2, 0.25) is 0 Å². The molecule has 0 aliphatic heterocycles. The largest absolute Gasteiger partial charge is 0.291 e. The lowest BCUT2D eigenvalue weighted by Gasteiger charge is -1.94. The smallest absolute Gasteiger partial charge is 0.198 e. The lowest BCUT2D eigenvalue weighted by Crippen LogP contribution is -1.88. The molecule has 1 aromatic rings. The minimum absolute atomic E-state index is 0.552. The molecule has 0 saturated heterocycles. The van der Waals surface area contributed by atoms with Crippen LogP contribution in [0, 0.1) is 0 Å². The molecule has 0 unspecified atom stereocenters. The van der Waals surface area contributed by atoms with Gasteiger partial charge in [-0.1, -0.05) is 6.42 Å². The van der Waals surface area contributed by atoms with Crippen LogP contribution in [-0.2, 0) is 11.2 Å². The molecule has 4 heteroatoms. The first-order valence-electron chi connectivity index (χ1n) is 4.12. The second-order valence-corrected chi connectivity index (χ2v) is 2.64. The molecule has 0 aliphatic carbocycles. The fourth-order valence-electron chi connectivity index (χ4n) is 1.02. The van der Waals surface area contributed by atoms with E-state index in [1.807, 2.05) is 6.29 Å². The van der Waals surface area contributed by atoms with Crippen LogP contribution in [-0.4, -0.2) is 21.5 Å². The van der Waals surface area contributed by atoms with E-state index >= 15 is 0 Å². The van der Waals surface area contributed by atoms with E-state index < -0.39 is 0 Å². The molecule has 1 heterocycles. The Labute approximate surface area is 71.4 Å². The van der Waals surface area contributed by atoms with Gasteiger partial charge in [-0.3, -0.25) is 9.89 Å². The van der Waals surface area contributed by atoms with Gasteiger partial charge >= 0.3 is 0 Å². The number of carbonyl (C=O) groups excluding carboxylic acids is 1. The molecule has 1 aromatic heterocycles. The number of rotatable bonds is 6. The molecule has 1 rings (SSSR count). The summed E-state index contributed by atoms with van der Waals surface area (Å²) >= 11 is 0. The van der Waals surface area contributed by atoms with Crippen LogP contribution in [0.15, 0.2) is 6.33 Å². The Morgan fingerprint density at radius 1 is 1.42 bits per heavy atom. The Bertz CT molecular complexity index is 208. The van der Waals surface area contributed by atoms with E-state index in [0.717, 1.165) is 31.5 Å². The number of nitrogens with zero attached hydrogens (tertiary/aromatic N) is 2. The van der Waals surface area contributed by atoms with Gasteiger partial charge in [0, 0.05) is 12.8 Å². The van der Waals surface area contributed by atoms with Crippen LogP contribution >= 0.6 is 0 Å². The van der Waals surface area contributed by atoms with Crippen LogP contribution in [0.25, 0.3) is 0 Å². The SMILES string of the molecule is O=[C]CCCCCc1ncn[nH]1. The van der Waals surface area contributed by atoms with Crippen LogP contribution < -0.4 is 0 Å². The Morgan fingerprint density at radius 2 is 2.33 bits per heavy atom. The monoisotopic (exact) mass is 166 g/mol. The first kappa shape index (κ1) is 8.90. The van der Waals surface area contributed by atoms with E-state index in [1.165, 1.54) is 6.33 Å². The summed E-state index contributed by atoms with van der Waals surface area (Å²) in [6, 6.07) is 0. The van der Waals surface area contributed by atoms with Gasteiger partial charge in [0.1, 0.15) is 12.2 Å². The van der Waals surface area contributed by atoms with E-state index in [0.29, 0.717) is 6.42 Å². The number of unbranched alkanes of at least 4 members (excludes halogenated alkanes) is 3. The predicted molar refractivity (Wildman–Crippen MR) is 44.2 cm³/mol. The van der Waals surface area contributed by atoms with Gasteiger partial charge in [0.2, 0.25) is 0 Å². The molecule has 0 fully saturated rings. The Morgan fingerprint density at radius 3 is 3.00 bits per heavy atom. The molecule has 1 N–H and O–H groups in total. The molecule has 0 saturated carbocycles. The Hall–Kier alpha value is -1.19. The van der Waals surface area contributed by atoms with Crippen molar-refractivity contribution in [2.45, 2.75) is 32.1 Å². The molecule has 0 atom stereocenters. The van der Waals surface area contributed by atoms with Crippen molar-refractivity contribution in [2.75, 3.05) is 0 Å². The fraction of sp³-hybridized carbons (Fsp3) is 0.625.